The van der Waals surface area contributed by atoms with Gasteiger partial charge in [-0.1, -0.05) is 72.8 Å². The Kier molecular flexibility index (Phi) is 10.9. The molecule has 0 fully saturated rings. The van der Waals surface area contributed by atoms with E-state index in [2.05, 4.69) is 10.6 Å². The van der Waals surface area contributed by atoms with Crippen LogP contribution in [0.1, 0.15) is 29.6 Å². The highest BCUT2D eigenvalue weighted by atomic mass is 16.5. The van der Waals surface area contributed by atoms with Crippen LogP contribution in [0.25, 0.3) is 0 Å². The molecule has 0 aromatic heterocycles. The van der Waals surface area contributed by atoms with Crippen LogP contribution in [-0.2, 0) is 9.59 Å². The molecule has 45 heavy (non-hydrogen) atoms. The van der Waals surface area contributed by atoms with Gasteiger partial charge in [-0.2, -0.15) is 0 Å². The Morgan fingerprint density at radius 3 is 1.38 bits per heavy atom. The molecule has 4 N–H and O–H groups in total. The Bertz CT molecular complexity index is 1420. The van der Waals surface area contributed by atoms with Crippen molar-refractivity contribution in [3.05, 3.63) is 120 Å². The largest absolute Gasteiger partial charge is 0.490 e. The molecule has 0 aliphatic carbocycles. The molecular formula is C35H36N2O8. The van der Waals surface area contributed by atoms with Crippen LogP contribution in [0.2, 0.25) is 0 Å². The lowest BCUT2D eigenvalue weighted by atomic mass is 9.99. The second-order valence-corrected chi connectivity index (χ2v) is 10.4. The first-order chi connectivity index (χ1) is 22.0. The summed E-state index contributed by atoms with van der Waals surface area (Å²) in [7, 11) is 0. The number of ether oxygens (including phenoxy) is 4. The van der Waals surface area contributed by atoms with E-state index in [-0.39, 0.29) is 13.2 Å². The van der Waals surface area contributed by atoms with E-state index < -0.39 is 36.2 Å². The van der Waals surface area contributed by atoms with Gasteiger partial charge in [-0.15, -0.1) is 0 Å². The molecule has 234 valence electrons. The minimum absolute atomic E-state index is 0.149. The zero-order valence-electron chi connectivity index (χ0n) is 24.6. The fourth-order valence-electron chi connectivity index (χ4n) is 5.22. The number of hydrogen-bond donors (Lipinski definition) is 4. The fourth-order valence-corrected chi connectivity index (χ4v) is 5.22. The second kappa shape index (κ2) is 15.6. The second-order valence-electron chi connectivity index (χ2n) is 10.4. The molecule has 1 aliphatic heterocycles. The highest BCUT2D eigenvalue weighted by molar-refractivity contribution is 5.75. The number of carboxylic acids is 2. The molecule has 0 amide bonds. The van der Waals surface area contributed by atoms with Crippen LogP contribution in [0.15, 0.2) is 109 Å². The van der Waals surface area contributed by atoms with Gasteiger partial charge in [0, 0.05) is 11.1 Å². The minimum atomic E-state index is -1.27. The molecule has 0 bridgehead atoms. The fraction of sp³-hybridized carbons (Fsp3) is 0.257. The SMILES string of the molecule is O=C(O)[C@@H](Oc1ccccc1)[C@@H]1NCCCN[C@@H]([C@H](Oc2ccccc2)C(=O)O)c2ccccc2OCCOc2ccccc21. The Labute approximate surface area is 261 Å². The maximum absolute atomic E-state index is 12.6. The third-order valence-electron chi connectivity index (χ3n) is 7.29. The average Bonchev–Trinajstić information content (AvgIpc) is 3.06. The number of rotatable bonds is 8. The van der Waals surface area contributed by atoms with Gasteiger partial charge in [0.25, 0.3) is 0 Å². The number of benzene rings is 4. The summed E-state index contributed by atoms with van der Waals surface area (Å²) < 4.78 is 24.3. The number of carboxylic acid groups (broad SMARTS) is 2. The van der Waals surface area contributed by atoms with E-state index in [1.165, 1.54) is 0 Å². The summed E-state index contributed by atoms with van der Waals surface area (Å²) in [4.78, 5) is 25.2. The van der Waals surface area contributed by atoms with Crippen molar-refractivity contribution in [1.29, 1.82) is 0 Å². The van der Waals surface area contributed by atoms with Crippen LogP contribution in [0.4, 0.5) is 0 Å². The lowest BCUT2D eigenvalue weighted by Crippen LogP contribution is -2.43. The van der Waals surface area contributed by atoms with E-state index in [0.29, 0.717) is 53.6 Å². The third-order valence-corrected chi connectivity index (χ3v) is 7.29. The van der Waals surface area contributed by atoms with Crippen molar-refractivity contribution in [2.45, 2.75) is 30.7 Å². The first-order valence-corrected chi connectivity index (χ1v) is 14.8. The number of nitrogens with one attached hydrogen (secondary N) is 2. The Balaban J connectivity index is 1.44. The number of carbonyl (C=O) groups is 2. The van der Waals surface area contributed by atoms with Crippen molar-refractivity contribution >= 4 is 11.9 Å². The molecule has 4 aromatic rings. The van der Waals surface area contributed by atoms with E-state index in [9.17, 15) is 19.8 Å². The summed E-state index contributed by atoms with van der Waals surface area (Å²) in [5.41, 5.74) is 1.26. The van der Waals surface area contributed by atoms with Gasteiger partial charge in [-0.05, 0) is 55.9 Å². The van der Waals surface area contributed by atoms with Crippen molar-refractivity contribution in [3.8, 4) is 23.0 Å². The molecule has 0 saturated heterocycles. The van der Waals surface area contributed by atoms with E-state index >= 15 is 0 Å². The molecule has 4 aromatic carbocycles. The van der Waals surface area contributed by atoms with Crippen LogP contribution in [0.5, 0.6) is 23.0 Å². The zero-order chi connectivity index (χ0) is 31.4. The predicted octanol–water partition coefficient (Wildman–Crippen LogP) is 4.87. The Morgan fingerprint density at radius 1 is 0.600 bits per heavy atom. The molecule has 5 rings (SSSR count). The standard InChI is InChI=1S/C35H36N2O8/c38-34(39)32(44-24-12-3-1-4-13-24)30-26-16-7-9-18-28(26)42-22-23-43-29-19-10-8-17-27(29)31(37-21-11-20-36-30)33(35(40)41)45-25-14-5-2-6-15-25/h1-10,12-19,30-33,36-37H,11,20-23H2,(H,38,39)(H,40,41)/t30-,31-,32+,33+/m1/s1. The molecule has 0 saturated carbocycles. The van der Waals surface area contributed by atoms with Crippen LogP contribution < -0.4 is 29.6 Å². The van der Waals surface area contributed by atoms with Gasteiger partial charge in [-0.3, -0.25) is 0 Å². The molecule has 10 heteroatoms. The van der Waals surface area contributed by atoms with Gasteiger partial charge in [0.2, 0.25) is 12.2 Å². The molecule has 0 unspecified atom stereocenters. The maximum Gasteiger partial charge on any atom is 0.346 e. The van der Waals surface area contributed by atoms with Crippen molar-refractivity contribution in [1.82, 2.24) is 10.6 Å². The zero-order valence-corrected chi connectivity index (χ0v) is 24.6. The van der Waals surface area contributed by atoms with Crippen molar-refractivity contribution in [3.63, 3.8) is 0 Å². The summed E-state index contributed by atoms with van der Waals surface area (Å²) in [6, 6.07) is 30.6. The smallest absolute Gasteiger partial charge is 0.346 e. The highest BCUT2D eigenvalue weighted by Gasteiger charge is 2.35. The van der Waals surface area contributed by atoms with Crippen LogP contribution in [0, 0.1) is 0 Å². The summed E-state index contributed by atoms with van der Waals surface area (Å²) >= 11 is 0. The third kappa shape index (κ3) is 8.31. The lowest BCUT2D eigenvalue weighted by molar-refractivity contribution is -0.147. The first-order valence-electron chi connectivity index (χ1n) is 14.8. The van der Waals surface area contributed by atoms with Gasteiger partial charge in [0.05, 0.1) is 12.1 Å². The van der Waals surface area contributed by atoms with E-state index in [1.54, 1.807) is 60.7 Å². The van der Waals surface area contributed by atoms with E-state index in [4.69, 9.17) is 18.9 Å². The summed E-state index contributed by atoms with van der Waals surface area (Å²) in [6.45, 7) is 1.07. The van der Waals surface area contributed by atoms with Crippen molar-refractivity contribution in [2.24, 2.45) is 0 Å². The van der Waals surface area contributed by atoms with Gasteiger partial charge in [0.15, 0.2) is 0 Å². The van der Waals surface area contributed by atoms with Crippen LogP contribution in [-0.4, -0.2) is 60.7 Å². The first kappa shape index (κ1) is 31.4. The minimum Gasteiger partial charge on any atom is -0.490 e. The highest BCUT2D eigenvalue weighted by Crippen LogP contribution is 2.32. The Morgan fingerprint density at radius 2 is 0.978 bits per heavy atom. The van der Waals surface area contributed by atoms with E-state index in [0.717, 1.165) is 0 Å². The number of fused-ring (bicyclic) bond motifs is 2. The molecule has 1 aliphatic rings. The average molecular weight is 613 g/mol. The summed E-state index contributed by atoms with van der Waals surface area (Å²) in [5, 5.41) is 27.3. The lowest BCUT2D eigenvalue weighted by Gasteiger charge is -2.28. The van der Waals surface area contributed by atoms with Crippen LogP contribution in [0.3, 0.4) is 0 Å². The normalized spacial score (nSPS) is 18.6. The number of hydrogen-bond acceptors (Lipinski definition) is 8. The number of para-hydroxylation sites is 4. The summed E-state index contributed by atoms with van der Waals surface area (Å²) in [5.74, 6) is -0.415. The monoisotopic (exact) mass is 612 g/mol. The predicted molar refractivity (Wildman–Crippen MR) is 167 cm³/mol. The maximum atomic E-state index is 12.6. The van der Waals surface area contributed by atoms with Gasteiger partial charge < -0.3 is 39.8 Å². The molecule has 0 spiro atoms. The quantitative estimate of drug-likeness (QED) is 0.218. The van der Waals surface area contributed by atoms with Gasteiger partial charge in [0.1, 0.15) is 36.2 Å². The van der Waals surface area contributed by atoms with Crippen molar-refractivity contribution in [2.75, 3.05) is 26.3 Å². The van der Waals surface area contributed by atoms with Gasteiger partial charge >= 0.3 is 11.9 Å². The molecule has 1 heterocycles. The topological polar surface area (TPSA) is 136 Å². The molecular weight excluding hydrogens is 576 g/mol. The molecule has 0 radical (unpaired) electrons. The molecule has 4 atom stereocenters. The van der Waals surface area contributed by atoms with Gasteiger partial charge in [-0.25, -0.2) is 9.59 Å². The summed E-state index contributed by atoms with van der Waals surface area (Å²) in [6.07, 6.45) is -2.02. The van der Waals surface area contributed by atoms with Crippen molar-refractivity contribution < 1.29 is 38.7 Å². The number of aliphatic carboxylic acids is 2. The van der Waals surface area contributed by atoms with E-state index in [1.807, 2.05) is 48.5 Å². The Hall–Kier alpha value is -5.06. The van der Waals surface area contributed by atoms with Crippen LogP contribution >= 0.6 is 0 Å². The molecule has 10 nitrogen and oxygen atoms in total.